The van der Waals surface area contributed by atoms with Crippen molar-refractivity contribution in [1.82, 2.24) is 20.2 Å². The van der Waals surface area contributed by atoms with E-state index >= 15 is 0 Å². The molecule has 0 atom stereocenters. The minimum absolute atomic E-state index is 0.0486. The average molecular weight is 411 g/mol. The monoisotopic (exact) mass is 411 g/mol. The molecular weight excluding hydrogens is 394 g/mol. The summed E-state index contributed by atoms with van der Waals surface area (Å²) in [6, 6.07) is 24.7. The topological polar surface area (TPSA) is 106 Å². The number of aromatic amines is 1. The van der Waals surface area contributed by atoms with Gasteiger partial charge in [0.2, 0.25) is 0 Å². The molecule has 0 saturated carbocycles. The number of fused-ring (bicyclic) bond motifs is 1. The Morgan fingerprint density at radius 3 is 2.48 bits per heavy atom. The summed E-state index contributed by atoms with van der Waals surface area (Å²) >= 11 is 0. The number of hydrogen-bond acceptors (Lipinski definition) is 6. The zero-order valence-electron chi connectivity index (χ0n) is 16.3. The molecule has 8 heteroatoms. The predicted molar refractivity (Wildman–Crippen MR) is 115 cm³/mol. The molecule has 0 radical (unpaired) electrons. The Bertz CT molecular complexity index is 1310. The van der Waals surface area contributed by atoms with Crippen molar-refractivity contribution in [1.29, 1.82) is 0 Å². The lowest BCUT2D eigenvalue weighted by Crippen LogP contribution is -2.13. The SMILES string of the molecule is O=C(Nc1nnc(-c2ccccc2-c2nc3ccccc3[nH]2)o1)OCc1ccccc1. The van der Waals surface area contributed by atoms with Gasteiger partial charge in [-0.25, -0.2) is 15.1 Å². The first kappa shape index (κ1) is 18.6. The van der Waals surface area contributed by atoms with Crippen LogP contribution < -0.4 is 5.32 Å². The van der Waals surface area contributed by atoms with Crippen molar-refractivity contribution >= 4 is 23.1 Å². The van der Waals surface area contributed by atoms with Crippen LogP contribution in [0, 0.1) is 0 Å². The van der Waals surface area contributed by atoms with Crippen molar-refractivity contribution in [3.63, 3.8) is 0 Å². The number of anilines is 1. The number of ether oxygens (including phenoxy) is 1. The highest BCUT2D eigenvalue weighted by molar-refractivity contribution is 5.84. The Labute approximate surface area is 176 Å². The molecule has 0 spiro atoms. The van der Waals surface area contributed by atoms with Crippen LogP contribution in [0.1, 0.15) is 5.56 Å². The Hall–Kier alpha value is -4.46. The minimum Gasteiger partial charge on any atom is -0.444 e. The average Bonchev–Trinajstić information content (AvgIpc) is 3.45. The lowest BCUT2D eigenvalue weighted by molar-refractivity contribution is 0.154. The molecule has 0 aliphatic rings. The van der Waals surface area contributed by atoms with E-state index in [1.54, 1.807) is 0 Å². The van der Waals surface area contributed by atoms with Crippen molar-refractivity contribution < 1.29 is 13.9 Å². The van der Waals surface area contributed by atoms with Crippen molar-refractivity contribution in [3.8, 4) is 22.8 Å². The third-order valence-electron chi connectivity index (χ3n) is 4.65. The van der Waals surface area contributed by atoms with Crippen molar-refractivity contribution in [2.24, 2.45) is 0 Å². The van der Waals surface area contributed by atoms with Gasteiger partial charge >= 0.3 is 12.1 Å². The highest BCUT2D eigenvalue weighted by atomic mass is 16.6. The second kappa shape index (κ2) is 8.11. The number of amides is 1. The summed E-state index contributed by atoms with van der Waals surface area (Å²) < 4.78 is 10.8. The molecule has 2 N–H and O–H groups in total. The molecule has 8 nitrogen and oxygen atoms in total. The summed E-state index contributed by atoms with van der Waals surface area (Å²) in [5, 5.41) is 10.4. The Morgan fingerprint density at radius 1 is 0.903 bits per heavy atom. The number of rotatable bonds is 5. The number of para-hydroxylation sites is 2. The van der Waals surface area contributed by atoms with Crippen LogP contribution in [0.2, 0.25) is 0 Å². The maximum Gasteiger partial charge on any atom is 0.415 e. The molecular formula is C23H17N5O3. The van der Waals surface area contributed by atoms with Gasteiger partial charge in [-0.3, -0.25) is 0 Å². The van der Waals surface area contributed by atoms with Gasteiger partial charge in [0.15, 0.2) is 0 Å². The third-order valence-corrected chi connectivity index (χ3v) is 4.65. The minimum atomic E-state index is -0.676. The van der Waals surface area contributed by atoms with Gasteiger partial charge in [0.05, 0.1) is 11.0 Å². The van der Waals surface area contributed by atoms with E-state index in [1.165, 1.54) is 0 Å². The number of imidazole rings is 1. The largest absolute Gasteiger partial charge is 0.444 e. The number of nitrogens with one attached hydrogen (secondary N) is 2. The molecule has 31 heavy (non-hydrogen) atoms. The zero-order chi connectivity index (χ0) is 21.0. The molecule has 5 aromatic rings. The van der Waals surface area contributed by atoms with E-state index in [-0.39, 0.29) is 18.5 Å². The molecule has 0 saturated heterocycles. The number of benzene rings is 3. The van der Waals surface area contributed by atoms with Gasteiger partial charge in [-0.1, -0.05) is 65.8 Å². The highest BCUT2D eigenvalue weighted by Gasteiger charge is 2.17. The van der Waals surface area contributed by atoms with Gasteiger partial charge in [0, 0.05) is 11.1 Å². The third kappa shape index (κ3) is 3.99. The van der Waals surface area contributed by atoms with Crippen LogP contribution in [-0.4, -0.2) is 26.3 Å². The van der Waals surface area contributed by atoms with Crippen LogP contribution >= 0.6 is 0 Å². The first-order chi connectivity index (χ1) is 15.3. The fraction of sp³-hybridized carbons (Fsp3) is 0.0435. The number of carbonyl (C=O) groups is 1. The molecule has 1 amide bonds. The Kier molecular flexibility index (Phi) is 4.86. The smallest absolute Gasteiger partial charge is 0.415 e. The Balaban J connectivity index is 1.34. The van der Waals surface area contributed by atoms with Crippen LogP contribution in [0.25, 0.3) is 33.9 Å². The first-order valence-corrected chi connectivity index (χ1v) is 9.62. The van der Waals surface area contributed by atoms with Crippen molar-refractivity contribution in [2.75, 3.05) is 5.32 Å². The fourth-order valence-electron chi connectivity index (χ4n) is 3.19. The quantitative estimate of drug-likeness (QED) is 0.420. The van der Waals surface area contributed by atoms with Crippen LogP contribution in [0.5, 0.6) is 0 Å². The number of H-pyrrole nitrogens is 1. The van der Waals surface area contributed by atoms with Gasteiger partial charge < -0.3 is 14.1 Å². The normalized spacial score (nSPS) is 10.8. The van der Waals surface area contributed by atoms with Crippen molar-refractivity contribution in [2.45, 2.75) is 6.61 Å². The molecule has 0 aliphatic carbocycles. The van der Waals surface area contributed by atoms with E-state index in [2.05, 4.69) is 25.5 Å². The first-order valence-electron chi connectivity index (χ1n) is 9.62. The maximum absolute atomic E-state index is 12.0. The number of carbonyl (C=O) groups excluding carboxylic acids is 1. The van der Waals surface area contributed by atoms with E-state index in [1.807, 2.05) is 78.9 Å². The number of aromatic nitrogens is 4. The molecule has 2 aromatic heterocycles. The van der Waals surface area contributed by atoms with Crippen LogP contribution in [-0.2, 0) is 11.3 Å². The van der Waals surface area contributed by atoms with E-state index in [4.69, 9.17) is 9.15 Å². The molecule has 0 aliphatic heterocycles. The second-order valence-corrected chi connectivity index (χ2v) is 6.75. The van der Waals surface area contributed by atoms with Gasteiger partial charge in [-0.05, 0) is 23.8 Å². The fourth-order valence-corrected chi connectivity index (χ4v) is 3.19. The van der Waals surface area contributed by atoms with Crippen LogP contribution in [0.15, 0.2) is 83.3 Å². The van der Waals surface area contributed by atoms with Crippen LogP contribution in [0.4, 0.5) is 10.8 Å². The number of hydrogen-bond donors (Lipinski definition) is 2. The molecule has 2 heterocycles. The summed E-state index contributed by atoms with van der Waals surface area (Å²) in [6.45, 7) is 0.141. The van der Waals surface area contributed by atoms with Crippen molar-refractivity contribution in [3.05, 3.63) is 84.4 Å². The molecule has 0 fully saturated rings. The van der Waals surface area contributed by atoms with E-state index in [9.17, 15) is 4.79 Å². The molecule has 152 valence electrons. The zero-order valence-corrected chi connectivity index (χ0v) is 16.3. The maximum atomic E-state index is 12.0. The molecule has 5 rings (SSSR count). The summed E-state index contributed by atoms with van der Waals surface area (Å²) in [5.74, 6) is 0.946. The van der Waals surface area contributed by atoms with Gasteiger partial charge in [-0.2, -0.15) is 0 Å². The van der Waals surface area contributed by atoms with Gasteiger partial charge in [0.25, 0.3) is 5.89 Å². The summed E-state index contributed by atoms with van der Waals surface area (Å²) in [4.78, 5) is 20.0. The Morgan fingerprint density at radius 2 is 1.65 bits per heavy atom. The summed E-state index contributed by atoms with van der Waals surface area (Å²) in [5.41, 5.74) is 4.17. The number of nitrogens with zero attached hydrogens (tertiary/aromatic N) is 3. The van der Waals surface area contributed by atoms with Gasteiger partial charge in [-0.15, -0.1) is 5.10 Å². The lowest BCUT2D eigenvalue weighted by atomic mass is 10.1. The summed E-state index contributed by atoms with van der Waals surface area (Å²) in [6.07, 6.45) is -0.676. The van der Waals surface area contributed by atoms with E-state index in [0.29, 0.717) is 11.4 Å². The van der Waals surface area contributed by atoms with Crippen LogP contribution in [0.3, 0.4) is 0 Å². The molecule has 0 bridgehead atoms. The summed E-state index contributed by atoms with van der Waals surface area (Å²) in [7, 11) is 0. The standard InChI is InChI=1S/C23H17N5O3/c29-23(30-14-15-8-2-1-3-9-15)26-22-28-27-21(31-22)17-11-5-4-10-16(17)20-24-18-12-6-7-13-19(18)25-20/h1-13H,14H2,(H,24,25)(H,26,28,29). The van der Waals surface area contributed by atoms with Gasteiger partial charge in [0.1, 0.15) is 12.4 Å². The van der Waals surface area contributed by atoms with E-state index < -0.39 is 6.09 Å². The van der Waals surface area contributed by atoms with E-state index in [0.717, 1.165) is 22.2 Å². The lowest BCUT2D eigenvalue weighted by Gasteiger charge is -2.04. The highest BCUT2D eigenvalue weighted by Crippen LogP contribution is 2.31. The molecule has 0 unspecified atom stereocenters. The predicted octanol–water partition coefficient (Wildman–Crippen LogP) is 5.03. The molecule has 3 aromatic carbocycles. The second-order valence-electron chi connectivity index (χ2n) is 6.75.